The lowest BCUT2D eigenvalue weighted by Gasteiger charge is -2.18. The number of hydrogen-bond donors (Lipinski definition) is 2. The molecule has 7 nitrogen and oxygen atoms in total. The molecule has 1 aromatic carbocycles. The molecule has 0 unspecified atom stereocenters. The topological polar surface area (TPSA) is 89.8 Å². The van der Waals surface area contributed by atoms with Crippen LogP contribution in [0.15, 0.2) is 47.1 Å². The molecule has 1 aromatic heterocycles. The van der Waals surface area contributed by atoms with E-state index in [9.17, 15) is 9.59 Å². The highest BCUT2D eigenvalue weighted by molar-refractivity contribution is 7.98. The first-order chi connectivity index (χ1) is 14.2. The molecule has 2 aromatic rings. The summed E-state index contributed by atoms with van der Waals surface area (Å²) < 4.78 is 16.5. The number of thioether (sulfide) groups is 1. The molecule has 0 radical (unpaired) electrons. The SMILES string of the molecule is CSCC[C@@H](NC(=O)c1ccco1)C(=O)Nc1cccc(OC[C@H]2CCCO2)c1. The zero-order valence-electron chi connectivity index (χ0n) is 16.4. The van der Waals surface area contributed by atoms with Gasteiger partial charge in [0.05, 0.1) is 12.4 Å². The summed E-state index contributed by atoms with van der Waals surface area (Å²) >= 11 is 1.61. The van der Waals surface area contributed by atoms with Crippen LogP contribution >= 0.6 is 11.8 Å². The smallest absolute Gasteiger partial charge is 0.287 e. The third kappa shape index (κ3) is 6.54. The minimum atomic E-state index is -0.670. The molecule has 2 amide bonds. The molecule has 1 saturated heterocycles. The van der Waals surface area contributed by atoms with Gasteiger partial charge >= 0.3 is 0 Å². The first-order valence-corrected chi connectivity index (χ1v) is 11.0. The minimum absolute atomic E-state index is 0.126. The fourth-order valence-corrected chi connectivity index (χ4v) is 3.47. The van der Waals surface area contributed by atoms with Crippen LogP contribution in [0.2, 0.25) is 0 Å². The highest BCUT2D eigenvalue weighted by Gasteiger charge is 2.22. The lowest BCUT2D eigenvalue weighted by atomic mass is 10.2. The Morgan fingerprint density at radius 3 is 2.93 bits per heavy atom. The van der Waals surface area contributed by atoms with E-state index < -0.39 is 11.9 Å². The molecule has 2 N–H and O–H groups in total. The van der Waals surface area contributed by atoms with Gasteiger partial charge in [-0.25, -0.2) is 0 Å². The maximum atomic E-state index is 12.8. The van der Waals surface area contributed by atoms with E-state index in [0.717, 1.165) is 25.2 Å². The van der Waals surface area contributed by atoms with Gasteiger partial charge < -0.3 is 24.5 Å². The van der Waals surface area contributed by atoms with Crippen molar-refractivity contribution in [3.63, 3.8) is 0 Å². The van der Waals surface area contributed by atoms with Gasteiger partial charge in [-0.1, -0.05) is 6.07 Å². The van der Waals surface area contributed by atoms with Crippen molar-refractivity contribution in [2.75, 3.05) is 30.5 Å². The summed E-state index contributed by atoms with van der Waals surface area (Å²) in [5.41, 5.74) is 0.612. The van der Waals surface area contributed by atoms with Crippen LogP contribution < -0.4 is 15.4 Å². The largest absolute Gasteiger partial charge is 0.491 e. The molecule has 0 spiro atoms. The minimum Gasteiger partial charge on any atom is -0.491 e. The monoisotopic (exact) mass is 418 g/mol. The normalized spacial score (nSPS) is 16.9. The number of amides is 2. The van der Waals surface area contributed by atoms with Crippen LogP contribution in [0.3, 0.4) is 0 Å². The van der Waals surface area contributed by atoms with Gasteiger partial charge in [0, 0.05) is 18.4 Å². The fraction of sp³-hybridized carbons (Fsp3) is 0.429. The Balaban J connectivity index is 1.58. The van der Waals surface area contributed by atoms with Crippen LogP contribution in [-0.4, -0.2) is 49.2 Å². The van der Waals surface area contributed by atoms with Crippen LogP contribution in [-0.2, 0) is 9.53 Å². The molecule has 8 heteroatoms. The van der Waals surface area contributed by atoms with Crippen LogP contribution in [0.5, 0.6) is 5.75 Å². The lowest BCUT2D eigenvalue weighted by molar-refractivity contribution is -0.118. The van der Waals surface area contributed by atoms with E-state index in [4.69, 9.17) is 13.9 Å². The molecule has 2 heterocycles. The molecular weight excluding hydrogens is 392 g/mol. The van der Waals surface area contributed by atoms with E-state index in [-0.39, 0.29) is 17.8 Å². The van der Waals surface area contributed by atoms with E-state index in [0.29, 0.717) is 24.5 Å². The molecule has 1 aliphatic heterocycles. The Hall–Kier alpha value is -2.45. The highest BCUT2D eigenvalue weighted by atomic mass is 32.2. The summed E-state index contributed by atoms with van der Waals surface area (Å²) in [6.07, 6.45) is 6.08. The van der Waals surface area contributed by atoms with Crippen LogP contribution in [0.25, 0.3) is 0 Å². The number of ether oxygens (including phenoxy) is 2. The molecule has 3 rings (SSSR count). The third-order valence-electron chi connectivity index (χ3n) is 4.54. The van der Waals surface area contributed by atoms with Gasteiger partial charge in [0.2, 0.25) is 5.91 Å². The Morgan fingerprint density at radius 1 is 1.31 bits per heavy atom. The zero-order valence-corrected chi connectivity index (χ0v) is 17.2. The van der Waals surface area contributed by atoms with Gasteiger partial charge in [0.1, 0.15) is 18.4 Å². The Bertz CT molecular complexity index is 790. The van der Waals surface area contributed by atoms with Crippen LogP contribution in [0.4, 0.5) is 5.69 Å². The maximum Gasteiger partial charge on any atom is 0.287 e. The van der Waals surface area contributed by atoms with Crippen molar-refractivity contribution in [2.45, 2.75) is 31.4 Å². The molecule has 156 valence electrons. The molecular formula is C21H26N2O5S. The van der Waals surface area contributed by atoms with Crippen molar-refractivity contribution in [2.24, 2.45) is 0 Å². The number of nitrogens with one attached hydrogen (secondary N) is 2. The number of carbonyl (C=O) groups excluding carboxylic acids is 2. The average Bonchev–Trinajstić information content (AvgIpc) is 3.44. The Kier molecular flexibility index (Phi) is 8.01. The van der Waals surface area contributed by atoms with Crippen LogP contribution in [0.1, 0.15) is 29.8 Å². The standard InChI is InChI=1S/C21H26N2O5S/c1-29-12-9-18(23-21(25)19-8-4-11-27-19)20(24)22-15-5-2-6-16(13-15)28-14-17-7-3-10-26-17/h2,4-6,8,11,13,17-18H,3,7,9-10,12,14H2,1H3,(H,22,24)(H,23,25)/t17-,18-/m1/s1. The summed E-state index contributed by atoms with van der Waals surface area (Å²) in [5.74, 6) is 0.885. The molecule has 1 fully saturated rings. The van der Waals surface area contributed by atoms with Crippen molar-refractivity contribution in [1.82, 2.24) is 5.32 Å². The van der Waals surface area contributed by atoms with Crippen molar-refractivity contribution >= 4 is 29.3 Å². The van der Waals surface area contributed by atoms with Gasteiger partial charge in [-0.2, -0.15) is 11.8 Å². The third-order valence-corrected chi connectivity index (χ3v) is 5.18. The summed E-state index contributed by atoms with van der Waals surface area (Å²) in [6, 6.07) is 9.75. The second-order valence-electron chi connectivity index (χ2n) is 6.75. The number of benzene rings is 1. The second-order valence-corrected chi connectivity index (χ2v) is 7.73. The maximum absolute atomic E-state index is 12.8. The number of anilines is 1. The number of carbonyl (C=O) groups is 2. The van der Waals surface area contributed by atoms with Gasteiger partial charge in [-0.15, -0.1) is 0 Å². The summed E-state index contributed by atoms with van der Waals surface area (Å²) in [4.78, 5) is 25.1. The van der Waals surface area contributed by atoms with Crippen molar-refractivity contribution in [3.05, 3.63) is 48.4 Å². The molecule has 1 aliphatic rings. The van der Waals surface area contributed by atoms with E-state index >= 15 is 0 Å². The van der Waals surface area contributed by atoms with E-state index in [2.05, 4.69) is 10.6 Å². The second kappa shape index (κ2) is 10.9. The number of hydrogen-bond acceptors (Lipinski definition) is 6. The van der Waals surface area contributed by atoms with Gasteiger partial charge in [-0.05, 0) is 55.5 Å². The van der Waals surface area contributed by atoms with Gasteiger partial charge in [0.25, 0.3) is 5.91 Å². The van der Waals surface area contributed by atoms with Crippen molar-refractivity contribution in [3.8, 4) is 5.75 Å². The zero-order chi connectivity index (χ0) is 20.5. The van der Waals surface area contributed by atoms with Crippen molar-refractivity contribution in [1.29, 1.82) is 0 Å². The average molecular weight is 419 g/mol. The summed E-state index contributed by atoms with van der Waals surface area (Å²) in [5, 5.41) is 5.61. The Morgan fingerprint density at radius 2 is 2.21 bits per heavy atom. The number of rotatable bonds is 10. The predicted octanol–water partition coefficient (Wildman–Crippen LogP) is 3.33. The van der Waals surface area contributed by atoms with E-state index in [1.54, 1.807) is 36.0 Å². The Labute approximate surface area is 174 Å². The molecule has 2 atom stereocenters. The molecule has 0 saturated carbocycles. The highest BCUT2D eigenvalue weighted by Crippen LogP contribution is 2.20. The quantitative estimate of drug-likeness (QED) is 0.615. The molecule has 29 heavy (non-hydrogen) atoms. The van der Waals surface area contributed by atoms with Gasteiger partial charge in [-0.3, -0.25) is 9.59 Å². The van der Waals surface area contributed by atoms with E-state index in [1.165, 1.54) is 6.26 Å². The van der Waals surface area contributed by atoms with Gasteiger partial charge in [0.15, 0.2) is 5.76 Å². The fourth-order valence-electron chi connectivity index (χ4n) is 3.00. The number of furan rings is 1. The van der Waals surface area contributed by atoms with Crippen LogP contribution in [0, 0.1) is 0 Å². The predicted molar refractivity (Wildman–Crippen MR) is 113 cm³/mol. The first kappa shape index (κ1) is 21.3. The molecule has 0 bridgehead atoms. The first-order valence-electron chi connectivity index (χ1n) is 9.64. The summed E-state index contributed by atoms with van der Waals surface area (Å²) in [6.45, 7) is 1.28. The van der Waals surface area contributed by atoms with Crippen molar-refractivity contribution < 1.29 is 23.5 Å². The summed E-state index contributed by atoms with van der Waals surface area (Å²) in [7, 11) is 0. The lowest BCUT2D eigenvalue weighted by Crippen LogP contribution is -2.44. The molecule has 0 aliphatic carbocycles. The van der Waals surface area contributed by atoms with E-state index in [1.807, 2.05) is 18.4 Å².